The predicted molar refractivity (Wildman–Crippen MR) is 98.6 cm³/mol. The summed E-state index contributed by atoms with van der Waals surface area (Å²) in [6.45, 7) is -0.779. The first-order valence-electron chi connectivity index (χ1n) is 7.96. The maximum atomic E-state index is 12.0. The van der Waals surface area contributed by atoms with Gasteiger partial charge in [0.1, 0.15) is 30.3 Å². The lowest BCUT2D eigenvalue weighted by atomic mass is 10.0. The molecule has 0 bridgehead atoms. The van der Waals surface area contributed by atoms with Gasteiger partial charge < -0.3 is 43.6 Å². The molecule has 2 heterocycles. The average molecular weight is 478 g/mol. The van der Waals surface area contributed by atoms with Crippen molar-refractivity contribution in [1.29, 1.82) is 0 Å². The van der Waals surface area contributed by atoms with Crippen LogP contribution in [-0.4, -0.2) is 76.1 Å². The Morgan fingerprint density at radius 2 is 1.86 bits per heavy atom. The molecular formula is C12H21N2O12P3. The number of hydrogen-bond donors (Lipinski definition) is 7. The van der Waals surface area contributed by atoms with E-state index in [1.165, 1.54) is 7.05 Å². The van der Waals surface area contributed by atoms with Crippen LogP contribution in [0.3, 0.4) is 0 Å². The zero-order valence-corrected chi connectivity index (χ0v) is 17.6. The Kier molecular flexibility index (Phi) is 7.75. The molecule has 17 heteroatoms. The highest BCUT2D eigenvalue weighted by Gasteiger charge is 2.46. The zero-order valence-electron chi connectivity index (χ0n) is 14.9. The van der Waals surface area contributed by atoms with Crippen molar-refractivity contribution in [2.24, 2.45) is 7.05 Å². The number of ether oxygens (including phenoxy) is 1. The third-order valence-electron chi connectivity index (χ3n) is 3.99. The Balaban J connectivity index is 2.09. The van der Waals surface area contributed by atoms with Crippen molar-refractivity contribution in [3.8, 4) is 0 Å². The van der Waals surface area contributed by atoms with E-state index in [1.807, 2.05) is 4.98 Å². The van der Waals surface area contributed by atoms with Crippen LogP contribution in [-0.2, 0) is 25.4 Å². The smallest absolute Gasteiger partial charge is 0.337 e. The molecule has 0 spiro atoms. The SMILES string of the molecule is Cn1cc(C2OC(COP(=O)(O)CP(=O)(O)CP(O)O)C(O)C2O)c(=O)[nH]c1=O. The van der Waals surface area contributed by atoms with E-state index in [0.29, 0.717) is 0 Å². The van der Waals surface area contributed by atoms with E-state index < -0.39 is 77.4 Å². The lowest BCUT2D eigenvalue weighted by molar-refractivity contribution is -0.0192. The summed E-state index contributed by atoms with van der Waals surface area (Å²) in [7, 11) is -10.5. The highest BCUT2D eigenvalue weighted by Crippen LogP contribution is 2.61. The van der Waals surface area contributed by atoms with E-state index in [2.05, 4.69) is 0 Å². The topological polar surface area (TPSA) is 229 Å². The van der Waals surface area contributed by atoms with Crippen molar-refractivity contribution in [1.82, 2.24) is 9.55 Å². The molecule has 1 aliphatic heterocycles. The molecule has 1 fully saturated rings. The van der Waals surface area contributed by atoms with Crippen molar-refractivity contribution >= 4 is 23.3 Å². The molecule has 0 saturated carbocycles. The van der Waals surface area contributed by atoms with Gasteiger partial charge in [-0.2, -0.15) is 0 Å². The Bertz CT molecular complexity index is 945. The van der Waals surface area contributed by atoms with Crippen LogP contribution >= 0.6 is 23.3 Å². The lowest BCUT2D eigenvalue weighted by Crippen LogP contribution is -2.35. The van der Waals surface area contributed by atoms with Gasteiger partial charge in [0.2, 0.25) is 7.37 Å². The van der Waals surface area contributed by atoms with Crippen molar-refractivity contribution in [3.63, 3.8) is 0 Å². The molecule has 1 aliphatic rings. The van der Waals surface area contributed by atoms with Crippen molar-refractivity contribution < 1.29 is 48.2 Å². The number of aliphatic hydroxyl groups is 2. The molecule has 14 nitrogen and oxygen atoms in total. The normalized spacial score (nSPS) is 29.0. The second kappa shape index (κ2) is 9.17. The number of rotatable bonds is 8. The molecule has 166 valence electrons. The molecule has 0 aliphatic carbocycles. The van der Waals surface area contributed by atoms with Crippen LogP contribution in [0.2, 0.25) is 0 Å². The number of aromatic amines is 1. The summed E-state index contributed by atoms with van der Waals surface area (Å²) < 4.78 is 34.8. The molecule has 7 N–H and O–H groups in total. The van der Waals surface area contributed by atoms with Crippen LogP contribution in [0.25, 0.3) is 0 Å². The third kappa shape index (κ3) is 6.36. The van der Waals surface area contributed by atoms with E-state index in [-0.39, 0.29) is 5.56 Å². The summed E-state index contributed by atoms with van der Waals surface area (Å²) in [6.07, 6.45) is -4.91. The summed E-state index contributed by atoms with van der Waals surface area (Å²) in [5.41, 5.74) is -1.74. The summed E-state index contributed by atoms with van der Waals surface area (Å²) in [5, 5.41) is 20.2. The number of hydrogen-bond acceptors (Lipinski definition) is 10. The Hall–Kier alpha value is -0.750. The summed E-state index contributed by atoms with van der Waals surface area (Å²) in [4.78, 5) is 62.2. The molecule has 29 heavy (non-hydrogen) atoms. The fraction of sp³-hybridized carbons (Fsp3) is 0.667. The van der Waals surface area contributed by atoms with Crippen molar-refractivity contribution in [2.75, 3.05) is 18.4 Å². The lowest BCUT2D eigenvalue weighted by Gasteiger charge is -2.20. The zero-order chi connectivity index (χ0) is 22.1. The third-order valence-corrected chi connectivity index (χ3v) is 10.5. The largest absolute Gasteiger partial charge is 0.387 e. The Morgan fingerprint density at radius 3 is 2.45 bits per heavy atom. The van der Waals surface area contributed by atoms with Gasteiger partial charge >= 0.3 is 13.3 Å². The number of H-pyrrole nitrogens is 1. The number of aryl methyl sites for hydroxylation is 1. The second-order valence-corrected chi connectivity index (χ2v) is 12.7. The van der Waals surface area contributed by atoms with E-state index in [4.69, 9.17) is 19.0 Å². The minimum absolute atomic E-state index is 0.174. The van der Waals surface area contributed by atoms with Crippen molar-refractivity contribution in [3.05, 3.63) is 32.6 Å². The van der Waals surface area contributed by atoms with Gasteiger partial charge in [-0.3, -0.25) is 18.9 Å². The van der Waals surface area contributed by atoms with Gasteiger partial charge in [0.05, 0.1) is 18.1 Å². The molecule has 6 unspecified atom stereocenters. The van der Waals surface area contributed by atoms with Crippen LogP contribution in [0.15, 0.2) is 15.8 Å². The van der Waals surface area contributed by atoms with Gasteiger partial charge in [0, 0.05) is 13.2 Å². The number of nitrogens with one attached hydrogen (secondary N) is 1. The fourth-order valence-corrected chi connectivity index (χ4v) is 8.37. The van der Waals surface area contributed by atoms with E-state index >= 15 is 0 Å². The molecule has 0 aromatic carbocycles. The Morgan fingerprint density at radius 1 is 1.24 bits per heavy atom. The molecule has 1 saturated heterocycles. The highest BCUT2D eigenvalue weighted by atomic mass is 31.3. The molecule has 1 aromatic heterocycles. The summed E-state index contributed by atoms with van der Waals surface area (Å²) in [5.74, 6) is -2.23. The number of nitrogens with zero attached hydrogens (tertiary/aromatic N) is 1. The molecule has 6 atom stereocenters. The Labute approximate surface area is 164 Å². The van der Waals surface area contributed by atoms with Gasteiger partial charge in [-0.1, -0.05) is 0 Å². The standard InChI is InChI=1S/C12H21N2O12P3/c1-14-2-6(11(17)13-12(14)18)10-9(16)8(15)7(26-10)3-25-29(23,24)5-28(21,22)4-27(19)20/h2,7-10,15-16,19-20H,3-5H2,1H3,(H,21,22)(H,23,24)(H,13,17,18). The molecule has 1 aromatic rings. The van der Waals surface area contributed by atoms with Gasteiger partial charge in [0.15, 0.2) is 8.38 Å². The summed E-state index contributed by atoms with van der Waals surface area (Å²) >= 11 is 0. The molecular weight excluding hydrogens is 457 g/mol. The van der Waals surface area contributed by atoms with Crippen LogP contribution in [0.1, 0.15) is 11.7 Å². The number of aromatic nitrogens is 2. The molecule has 0 amide bonds. The van der Waals surface area contributed by atoms with E-state index in [0.717, 1.165) is 10.8 Å². The van der Waals surface area contributed by atoms with Crippen LogP contribution in [0.4, 0.5) is 0 Å². The molecule has 0 radical (unpaired) electrons. The maximum absolute atomic E-state index is 12.0. The predicted octanol–water partition coefficient (Wildman–Crippen LogP) is -2.08. The fourth-order valence-electron chi connectivity index (χ4n) is 2.68. The minimum Gasteiger partial charge on any atom is -0.387 e. The van der Waals surface area contributed by atoms with Gasteiger partial charge in [-0.25, -0.2) is 4.79 Å². The van der Waals surface area contributed by atoms with Gasteiger partial charge in [-0.15, -0.1) is 0 Å². The van der Waals surface area contributed by atoms with Gasteiger partial charge in [0.25, 0.3) is 5.56 Å². The molecule has 2 rings (SSSR count). The van der Waals surface area contributed by atoms with Crippen LogP contribution in [0.5, 0.6) is 0 Å². The first kappa shape index (κ1) is 24.5. The van der Waals surface area contributed by atoms with Crippen molar-refractivity contribution in [2.45, 2.75) is 24.4 Å². The maximum Gasteiger partial charge on any atom is 0.337 e. The van der Waals surface area contributed by atoms with Crippen LogP contribution < -0.4 is 11.2 Å². The van der Waals surface area contributed by atoms with E-state index in [1.54, 1.807) is 0 Å². The quantitative estimate of drug-likeness (QED) is 0.200. The van der Waals surface area contributed by atoms with E-state index in [9.17, 15) is 38.7 Å². The first-order valence-corrected chi connectivity index (χ1v) is 13.2. The minimum atomic E-state index is -4.70. The monoisotopic (exact) mass is 478 g/mol. The highest BCUT2D eigenvalue weighted by molar-refractivity contribution is 7.78. The first-order chi connectivity index (χ1) is 13.2. The number of aliphatic hydroxyl groups excluding tert-OH is 2. The van der Waals surface area contributed by atoms with Gasteiger partial charge in [-0.05, 0) is 0 Å². The van der Waals surface area contributed by atoms with Crippen LogP contribution in [0, 0.1) is 0 Å². The average Bonchev–Trinajstić information content (AvgIpc) is 2.82. The summed E-state index contributed by atoms with van der Waals surface area (Å²) in [6, 6.07) is 0. The second-order valence-electron chi connectivity index (χ2n) is 6.47.